The molecule has 0 bridgehead atoms. The van der Waals surface area contributed by atoms with Crippen molar-refractivity contribution in [1.82, 2.24) is 10.0 Å². The first kappa shape index (κ1) is 22.4. The van der Waals surface area contributed by atoms with E-state index in [2.05, 4.69) is 17.0 Å². The molecule has 8 heteroatoms. The van der Waals surface area contributed by atoms with Crippen LogP contribution in [0.3, 0.4) is 0 Å². The molecule has 2 atom stereocenters. The number of rotatable bonds is 8. The fourth-order valence-corrected chi connectivity index (χ4v) is 4.72. The van der Waals surface area contributed by atoms with Crippen LogP contribution in [0.5, 0.6) is 0 Å². The molecule has 0 aromatic heterocycles. The van der Waals surface area contributed by atoms with Crippen LogP contribution in [0.2, 0.25) is 0 Å². The summed E-state index contributed by atoms with van der Waals surface area (Å²) in [6.45, 7) is 5.29. The van der Waals surface area contributed by atoms with Crippen LogP contribution in [-0.4, -0.2) is 39.5 Å². The smallest absolute Gasteiger partial charge is 0.307 e. The minimum Gasteiger partial charge on any atom is -0.456 e. The lowest BCUT2D eigenvalue weighted by Crippen LogP contribution is -2.43. The zero-order chi connectivity index (χ0) is 20.7. The van der Waals surface area contributed by atoms with Crippen LogP contribution < -0.4 is 10.0 Å². The van der Waals surface area contributed by atoms with Gasteiger partial charge in [-0.3, -0.25) is 9.59 Å². The van der Waals surface area contributed by atoms with Gasteiger partial charge >= 0.3 is 5.97 Å². The Morgan fingerprint density at radius 1 is 1.18 bits per heavy atom. The van der Waals surface area contributed by atoms with Gasteiger partial charge < -0.3 is 10.1 Å². The van der Waals surface area contributed by atoms with Gasteiger partial charge in [-0.1, -0.05) is 37.5 Å². The number of carbonyl (C=O) groups is 2. The molecule has 0 radical (unpaired) electrons. The van der Waals surface area contributed by atoms with E-state index in [1.807, 2.05) is 6.92 Å². The van der Waals surface area contributed by atoms with Crippen molar-refractivity contribution in [3.8, 4) is 0 Å². The molecule has 1 saturated carbocycles. The molecular weight excluding hydrogens is 380 g/mol. The molecule has 0 saturated heterocycles. The van der Waals surface area contributed by atoms with Crippen molar-refractivity contribution in [2.24, 2.45) is 5.92 Å². The van der Waals surface area contributed by atoms with Crippen molar-refractivity contribution < 1.29 is 22.7 Å². The summed E-state index contributed by atoms with van der Waals surface area (Å²) >= 11 is 0. The minimum absolute atomic E-state index is 0.0875. The molecule has 0 heterocycles. The largest absolute Gasteiger partial charge is 0.456 e. The highest BCUT2D eigenvalue weighted by Gasteiger charge is 2.23. The number of sulfonamides is 1. The first-order chi connectivity index (χ1) is 13.2. The molecule has 1 fully saturated rings. The molecule has 2 N–H and O–H groups in total. The third-order valence-electron chi connectivity index (χ3n) is 5.06. The van der Waals surface area contributed by atoms with E-state index in [1.165, 1.54) is 6.42 Å². The van der Waals surface area contributed by atoms with Gasteiger partial charge in [0, 0.05) is 12.6 Å². The Morgan fingerprint density at radius 3 is 2.57 bits per heavy atom. The molecule has 1 aromatic rings. The van der Waals surface area contributed by atoms with Gasteiger partial charge in [0.2, 0.25) is 10.0 Å². The first-order valence-electron chi connectivity index (χ1n) is 9.71. The molecular formula is C20H30N2O5S. The Kier molecular flexibility index (Phi) is 8.00. The predicted molar refractivity (Wildman–Crippen MR) is 106 cm³/mol. The molecule has 1 aliphatic rings. The molecule has 7 nitrogen and oxygen atoms in total. The normalized spacial score (nSPS) is 19.8. The van der Waals surface area contributed by atoms with Gasteiger partial charge in [0.15, 0.2) is 6.61 Å². The highest BCUT2D eigenvalue weighted by molar-refractivity contribution is 7.89. The molecule has 1 aliphatic carbocycles. The summed E-state index contributed by atoms with van der Waals surface area (Å²) in [5.74, 6) is -0.508. The van der Waals surface area contributed by atoms with Crippen LogP contribution in [-0.2, 0) is 24.3 Å². The lowest BCUT2D eigenvalue weighted by molar-refractivity contribution is -0.148. The number of nitrogens with one attached hydrogen (secondary N) is 2. The van der Waals surface area contributed by atoms with Crippen LogP contribution in [0.4, 0.5) is 0 Å². The monoisotopic (exact) mass is 410 g/mol. The maximum Gasteiger partial charge on any atom is 0.307 e. The Labute approximate surface area is 167 Å². The molecule has 1 amide bonds. The number of benzene rings is 1. The lowest BCUT2D eigenvalue weighted by atomic mass is 9.86. The summed E-state index contributed by atoms with van der Waals surface area (Å²) in [7, 11) is -3.70. The van der Waals surface area contributed by atoms with Gasteiger partial charge in [0.25, 0.3) is 5.91 Å². The number of aryl methyl sites for hydroxylation is 2. The number of amides is 1. The van der Waals surface area contributed by atoms with Gasteiger partial charge in [-0.2, -0.15) is 0 Å². The summed E-state index contributed by atoms with van der Waals surface area (Å²) in [4.78, 5) is 23.9. The van der Waals surface area contributed by atoms with E-state index >= 15 is 0 Å². The van der Waals surface area contributed by atoms with E-state index in [0.29, 0.717) is 11.5 Å². The topological polar surface area (TPSA) is 102 Å². The molecule has 156 valence electrons. The molecule has 0 spiro atoms. The van der Waals surface area contributed by atoms with Crippen LogP contribution in [0.1, 0.15) is 50.2 Å². The third kappa shape index (κ3) is 6.60. The minimum atomic E-state index is -3.70. The second-order valence-corrected chi connectivity index (χ2v) is 9.25. The number of carbonyl (C=O) groups excluding carboxylic acids is 2. The lowest BCUT2D eigenvalue weighted by Gasteiger charge is -2.29. The molecule has 28 heavy (non-hydrogen) atoms. The Morgan fingerprint density at radius 2 is 1.89 bits per heavy atom. The van der Waals surface area contributed by atoms with E-state index in [-0.39, 0.29) is 36.4 Å². The molecule has 1 aromatic carbocycles. The fourth-order valence-electron chi connectivity index (χ4n) is 3.46. The van der Waals surface area contributed by atoms with Gasteiger partial charge in [0.05, 0.1) is 11.3 Å². The average Bonchev–Trinajstić information content (AvgIpc) is 2.61. The quantitative estimate of drug-likeness (QED) is 0.640. The van der Waals surface area contributed by atoms with E-state index in [4.69, 9.17) is 4.74 Å². The molecule has 0 unspecified atom stereocenters. The van der Waals surface area contributed by atoms with Crippen LogP contribution in [0.25, 0.3) is 0 Å². The van der Waals surface area contributed by atoms with Gasteiger partial charge in [-0.05, 0) is 44.2 Å². The summed E-state index contributed by atoms with van der Waals surface area (Å²) in [6, 6.07) is 5.18. The van der Waals surface area contributed by atoms with Crippen molar-refractivity contribution in [3.05, 3.63) is 29.3 Å². The molecule has 0 aliphatic heterocycles. The Hall–Kier alpha value is -1.93. The fraction of sp³-hybridized carbons (Fsp3) is 0.600. The summed E-state index contributed by atoms with van der Waals surface area (Å²) in [5.41, 5.74) is 1.62. The van der Waals surface area contributed by atoms with E-state index < -0.39 is 16.0 Å². The van der Waals surface area contributed by atoms with Crippen LogP contribution >= 0.6 is 0 Å². The third-order valence-corrected chi connectivity index (χ3v) is 6.68. The second kappa shape index (κ2) is 10.0. The summed E-state index contributed by atoms with van der Waals surface area (Å²) in [5, 5.41) is 2.91. The van der Waals surface area contributed by atoms with Crippen molar-refractivity contribution in [2.75, 3.05) is 13.2 Å². The summed E-state index contributed by atoms with van der Waals surface area (Å²) < 4.78 is 32.0. The second-order valence-electron chi connectivity index (χ2n) is 7.51. The van der Waals surface area contributed by atoms with Crippen LogP contribution in [0, 0.1) is 19.8 Å². The van der Waals surface area contributed by atoms with Gasteiger partial charge in [-0.15, -0.1) is 0 Å². The number of hydrogen-bond acceptors (Lipinski definition) is 5. The maximum atomic E-state index is 12.3. The van der Waals surface area contributed by atoms with Crippen molar-refractivity contribution in [3.63, 3.8) is 0 Å². The summed E-state index contributed by atoms with van der Waals surface area (Å²) in [6.07, 6.45) is 4.17. The number of ether oxygens (including phenoxy) is 1. The Balaban J connectivity index is 1.72. The zero-order valence-corrected chi connectivity index (χ0v) is 17.6. The van der Waals surface area contributed by atoms with Crippen molar-refractivity contribution >= 4 is 21.9 Å². The average molecular weight is 411 g/mol. The highest BCUT2D eigenvalue weighted by atomic mass is 32.2. The Bertz CT molecular complexity index is 807. The van der Waals surface area contributed by atoms with E-state index in [0.717, 1.165) is 24.8 Å². The molecule has 2 rings (SSSR count). The maximum absolute atomic E-state index is 12.3. The van der Waals surface area contributed by atoms with Crippen molar-refractivity contribution in [1.29, 1.82) is 0 Å². The van der Waals surface area contributed by atoms with E-state index in [9.17, 15) is 18.0 Å². The zero-order valence-electron chi connectivity index (χ0n) is 16.8. The standard InChI is InChI=1S/C20H30N2O5S/c1-14-8-9-18(16(3)12-14)28(25,26)21-11-10-20(24)27-13-19(23)22-17-7-5-4-6-15(17)2/h8-9,12,15,17,21H,4-7,10-11,13H2,1-3H3,(H,22,23)/t15-,17-/m0/s1. The SMILES string of the molecule is Cc1ccc(S(=O)(=O)NCCC(=O)OCC(=O)N[C@H]2CCCC[C@@H]2C)c(C)c1. The predicted octanol–water partition coefficient (Wildman–Crippen LogP) is 2.21. The van der Waals surface area contributed by atoms with E-state index in [1.54, 1.807) is 25.1 Å². The number of hydrogen-bond donors (Lipinski definition) is 2. The van der Waals surface area contributed by atoms with Gasteiger partial charge in [-0.25, -0.2) is 13.1 Å². The van der Waals surface area contributed by atoms with Gasteiger partial charge in [0.1, 0.15) is 0 Å². The number of esters is 1. The highest BCUT2D eigenvalue weighted by Crippen LogP contribution is 2.23. The van der Waals surface area contributed by atoms with Crippen molar-refractivity contribution in [2.45, 2.75) is 63.8 Å². The first-order valence-corrected chi connectivity index (χ1v) is 11.2. The van der Waals surface area contributed by atoms with Crippen LogP contribution in [0.15, 0.2) is 23.1 Å².